The zero-order chi connectivity index (χ0) is 15.5. The Hall–Kier alpha value is -1.92. The number of nitrogens with one attached hydrogen (secondary N) is 1. The molecule has 1 aliphatic carbocycles. The van der Waals surface area contributed by atoms with E-state index in [1.54, 1.807) is 18.4 Å². The summed E-state index contributed by atoms with van der Waals surface area (Å²) < 4.78 is 6.94. The van der Waals surface area contributed by atoms with E-state index >= 15 is 0 Å². The van der Waals surface area contributed by atoms with Gasteiger partial charge in [-0.15, -0.1) is 0 Å². The van der Waals surface area contributed by atoms with Crippen molar-refractivity contribution in [3.8, 4) is 0 Å². The molecule has 1 aliphatic heterocycles. The van der Waals surface area contributed by atoms with Crippen LogP contribution in [0.25, 0.3) is 0 Å². The number of aliphatic hydroxyl groups excluding tert-OH is 2. The Bertz CT molecular complexity index is 699. The standard InChI is InChI=1S/C15H18N2O4/c1-6-9-10(16)15(21-3)7(2)13(19)12(9)17-5-4-8(18)14(20)11(6)17/h8,14,16,18,20H,4-5H2,1-3H3/t8-,14-/m0/s1. The molecular formula is C15H18N2O4. The summed E-state index contributed by atoms with van der Waals surface area (Å²) in [6.45, 7) is 3.86. The molecule has 0 radical (unpaired) electrons. The fourth-order valence-electron chi connectivity index (χ4n) is 3.36. The van der Waals surface area contributed by atoms with Crippen molar-refractivity contribution in [2.24, 2.45) is 0 Å². The van der Waals surface area contributed by atoms with Gasteiger partial charge in [-0.2, -0.15) is 0 Å². The topological polar surface area (TPSA) is 95.5 Å². The fraction of sp³-hybridized carbons (Fsp3) is 0.467. The van der Waals surface area contributed by atoms with E-state index in [9.17, 15) is 15.0 Å². The molecule has 0 saturated heterocycles. The van der Waals surface area contributed by atoms with Gasteiger partial charge in [0.2, 0.25) is 5.78 Å². The minimum Gasteiger partial charge on any atom is -0.494 e. The van der Waals surface area contributed by atoms with Gasteiger partial charge in [-0.1, -0.05) is 0 Å². The highest BCUT2D eigenvalue weighted by Gasteiger charge is 2.39. The number of Topliss-reactive ketones (excluding diaryl/α,β-unsaturated/α-hetero) is 1. The summed E-state index contributed by atoms with van der Waals surface area (Å²) in [6, 6.07) is 0. The van der Waals surface area contributed by atoms with E-state index in [1.807, 2.05) is 0 Å². The number of hydrogen-bond donors (Lipinski definition) is 3. The van der Waals surface area contributed by atoms with Gasteiger partial charge in [0, 0.05) is 17.7 Å². The number of ketones is 1. The smallest absolute Gasteiger partial charge is 0.209 e. The van der Waals surface area contributed by atoms with Crippen LogP contribution in [0.5, 0.6) is 0 Å². The number of carbonyl (C=O) groups excluding carboxylic acids is 1. The first-order valence-electron chi connectivity index (χ1n) is 6.88. The highest BCUT2D eigenvalue weighted by molar-refractivity contribution is 6.27. The van der Waals surface area contributed by atoms with Crippen molar-refractivity contribution in [2.45, 2.75) is 39.0 Å². The fourth-order valence-corrected chi connectivity index (χ4v) is 3.36. The van der Waals surface area contributed by atoms with Crippen LogP contribution in [0.2, 0.25) is 0 Å². The lowest BCUT2D eigenvalue weighted by Crippen LogP contribution is -2.31. The predicted octanol–water partition coefficient (Wildman–Crippen LogP) is 1.08. The highest BCUT2D eigenvalue weighted by atomic mass is 16.5. The van der Waals surface area contributed by atoms with E-state index in [-0.39, 0.29) is 17.3 Å². The average molecular weight is 290 g/mol. The summed E-state index contributed by atoms with van der Waals surface area (Å²) in [7, 11) is 1.44. The maximum Gasteiger partial charge on any atom is 0.209 e. The van der Waals surface area contributed by atoms with Crippen molar-refractivity contribution in [1.82, 2.24) is 4.57 Å². The minimum atomic E-state index is -1.03. The molecule has 1 aromatic rings. The van der Waals surface area contributed by atoms with Crippen LogP contribution in [0.15, 0.2) is 11.3 Å². The summed E-state index contributed by atoms with van der Waals surface area (Å²) in [5, 5.41) is 28.4. The minimum absolute atomic E-state index is 0.158. The Morgan fingerprint density at radius 2 is 2.00 bits per heavy atom. The number of methoxy groups -OCH3 is 1. The first kappa shape index (κ1) is 14.0. The number of hydrogen-bond acceptors (Lipinski definition) is 5. The summed E-state index contributed by atoms with van der Waals surface area (Å²) in [4.78, 5) is 12.6. The number of aromatic nitrogens is 1. The second-order valence-electron chi connectivity index (χ2n) is 5.55. The number of ether oxygens (including phenoxy) is 1. The maximum absolute atomic E-state index is 12.6. The predicted molar refractivity (Wildman–Crippen MR) is 75.6 cm³/mol. The van der Waals surface area contributed by atoms with Gasteiger partial charge in [-0.25, -0.2) is 0 Å². The molecular weight excluding hydrogens is 272 g/mol. The Morgan fingerprint density at radius 1 is 1.33 bits per heavy atom. The molecule has 6 nitrogen and oxygen atoms in total. The Balaban J connectivity index is 2.30. The molecule has 2 aliphatic rings. The number of nitrogens with zero attached hydrogens (tertiary/aromatic N) is 1. The Kier molecular flexibility index (Phi) is 3.04. The number of fused-ring (bicyclic) bond motifs is 3. The van der Waals surface area contributed by atoms with Gasteiger partial charge >= 0.3 is 0 Å². The molecule has 2 heterocycles. The van der Waals surface area contributed by atoms with Crippen molar-refractivity contribution in [1.29, 1.82) is 5.41 Å². The Labute approximate surface area is 122 Å². The van der Waals surface area contributed by atoms with Crippen LogP contribution >= 0.6 is 0 Å². The van der Waals surface area contributed by atoms with Crippen LogP contribution in [0, 0.1) is 12.3 Å². The molecule has 3 N–H and O–H groups in total. The first-order valence-corrected chi connectivity index (χ1v) is 6.88. The second-order valence-corrected chi connectivity index (χ2v) is 5.55. The third kappa shape index (κ3) is 1.66. The lowest BCUT2D eigenvalue weighted by molar-refractivity contribution is -0.00675. The summed E-state index contributed by atoms with van der Waals surface area (Å²) in [6.07, 6.45) is -1.49. The molecule has 0 aromatic carbocycles. The SMILES string of the molecule is COC1=C(C)C(=O)c2c(c(C)c3n2CC[C@H](O)[C@@H]3O)C1=N. The van der Waals surface area contributed by atoms with Gasteiger partial charge in [-0.3, -0.25) is 10.2 Å². The van der Waals surface area contributed by atoms with Crippen LogP contribution < -0.4 is 0 Å². The number of carbonyl (C=O) groups is 1. The molecule has 2 atom stereocenters. The molecule has 0 bridgehead atoms. The van der Waals surface area contributed by atoms with E-state index in [4.69, 9.17) is 10.1 Å². The van der Waals surface area contributed by atoms with Crippen LogP contribution in [0.3, 0.4) is 0 Å². The van der Waals surface area contributed by atoms with Crippen molar-refractivity contribution in [3.05, 3.63) is 33.8 Å². The summed E-state index contributed by atoms with van der Waals surface area (Å²) >= 11 is 0. The van der Waals surface area contributed by atoms with E-state index in [2.05, 4.69) is 0 Å². The number of aliphatic hydroxyl groups is 2. The van der Waals surface area contributed by atoms with Crippen molar-refractivity contribution < 1.29 is 19.7 Å². The summed E-state index contributed by atoms with van der Waals surface area (Å²) in [5.41, 5.74) is 2.68. The third-order valence-electron chi connectivity index (χ3n) is 4.43. The van der Waals surface area contributed by atoms with Crippen LogP contribution in [-0.4, -0.2) is 39.5 Å². The molecule has 0 unspecified atom stereocenters. The van der Waals surface area contributed by atoms with Gasteiger partial charge in [0.15, 0.2) is 5.76 Å². The van der Waals surface area contributed by atoms with E-state index in [0.717, 1.165) is 0 Å². The third-order valence-corrected chi connectivity index (χ3v) is 4.43. The lowest BCUT2D eigenvalue weighted by Gasteiger charge is -2.28. The van der Waals surface area contributed by atoms with E-state index in [1.165, 1.54) is 7.11 Å². The molecule has 0 saturated carbocycles. The number of rotatable bonds is 1. The normalized spacial score (nSPS) is 25.0. The van der Waals surface area contributed by atoms with E-state index in [0.29, 0.717) is 41.1 Å². The molecule has 0 fully saturated rings. The molecule has 21 heavy (non-hydrogen) atoms. The van der Waals surface area contributed by atoms with Crippen molar-refractivity contribution >= 4 is 11.5 Å². The Morgan fingerprint density at radius 3 is 2.62 bits per heavy atom. The average Bonchev–Trinajstić information content (AvgIpc) is 2.75. The molecule has 0 amide bonds. The van der Waals surface area contributed by atoms with Gasteiger partial charge in [0.05, 0.1) is 24.6 Å². The van der Waals surface area contributed by atoms with Gasteiger partial charge in [0.1, 0.15) is 11.8 Å². The monoisotopic (exact) mass is 290 g/mol. The molecule has 112 valence electrons. The largest absolute Gasteiger partial charge is 0.494 e. The zero-order valence-corrected chi connectivity index (χ0v) is 12.2. The first-order chi connectivity index (χ1) is 9.90. The van der Waals surface area contributed by atoms with Gasteiger partial charge in [-0.05, 0) is 25.8 Å². The van der Waals surface area contributed by atoms with Crippen molar-refractivity contribution in [3.63, 3.8) is 0 Å². The molecule has 3 rings (SSSR count). The van der Waals surface area contributed by atoms with Gasteiger partial charge in [0.25, 0.3) is 0 Å². The molecule has 6 heteroatoms. The molecule has 0 spiro atoms. The van der Waals surface area contributed by atoms with Crippen LogP contribution in [0.1, 0.15) is 46.8 Å². The van der Waals surface area contributed by atoms with Crippen LogP contribution in [-0.2, 0) is 11.3 Å². The number of allylic oxidation sites excluding steroid dienone is 2. The summed E-state index contributed by atoms with van der Waals surface area (Å²) in [5.74, 6) is 0.0874. The lowest BCUT2D eigenvalue weighted by atomic mass is 9.91. The zero-order valence-electron chi connectivity index (χ0n) is 12.2. The molecule has 1 aromatic heterocycles. The van der Waals surface area contributed by atoms with E-state index < -0.39 is 12.2 Å². The second kappa shape index (κ2) is 4.54. The van der Waals surface area contributed by atoms with Gasteiger partial charge < -0.3 is 19.5 Å². The highest BCUT2D eigenvalue weighted by Crippen LogP contribution is 2.38. The van der Waals surface area contributed by atoms with Crippen molar-refractivity contribution in [2.75, 3.05) is 7.11 Å². The van der Waals surface area contributed by atoms with Crippen LogP contribution in [0.4, 0.5) is 0 Å². The quantitative estimate of drug-likeness (QED) is 0.721. The maximum atomic E-state index is 12.6.